The lowest BCUT2D eigenvalue weighted by atomic mass is 10.2. The van der Waals surface area contributed by atoms with E-state index in [1.54, 1.807) is 17.8 Å². The molecule has 0 saturated heterocycles. The van der Waals surface area contributed by atoms with Crippen LogP contribution in [0.5, 0.6) is 0 Å². The van der Waals surface area contributed by atoms with Crippen molar-refractivity contribution in [1.29, 1.82) is 0 Å². The number of nitrogens with one attached hydrogen (secondary N) is 1. The fraction of sp³-hybridized carbons (Fsp3) is 0.231. The van der Waals surface area contributed by atoms with Crippen LogP contribution >= 0.6 is 23.5 Å². The average molecular weight is 308 g/mol. The Bertz CT molecular complexity index is 636. The molecule has 1 aliphatic rings. The van der Waals surface area contributed by atoms with Gasteiger partial charge in [0.1, 0.15) is 17.5 Å². The van der Waals surface area contributed by atoms with Gasteiger partial charge in [0.15, 0.2) is 0 Å². The Balaban J connectivity index is 1.78. The second-order valence-corrected chi connectivity index (χ2v) is 6.33. The van der Waals surface area contributed by atoms with Crippen molar-refractivity contribution in [2.75, 3.05) is 5.43 Å². The number of hydrazine groups is 1. The summed E-state index contributed by atoms with van der Waals surface area (Å²) < 4.78 is 13.1. The van der Waals surface area contributed by atoms with Gasteiger partial charge in [-0.3, -0.25) is 0 Å². The molecule has 0 atom stereocenters. The van der Waals surface area contributed by atoms with Crippen LogP contribution in [0.1, 0.15) is 17.1 Å². The molecule has 3 rings (SSSR count). The lowest BCUT2D eigenvalue weighted by Gasteiger charge is -2.08. The number of fused-ring (bicyclic) bond motifs is 1. The van der Waals surface area contributed by atoms with Gasteiger partial charge in [-0.25, -0.2) is 20.2 Å². The monoisotopic (exact) mass is 308 g/mol. The van der Waals surface area contributed by atoms with E-state index in [0.29, 0.717) is 17.4 Å². The zero-order chi connectivity index (χ0) is 13.9. The summed E-state index contributed by atoms with van der Waals surface area (Å²) in [6.07, 6.45) is 0. The standard InChI is InChI=1S/C13H13FN4S2/c14-8-2-1-3-9(4-8)20-7-12-16-11-6-19-5-10(11)13(17-12)18-15/h1-4H,5-7,15H2,(H,16,17,18). The van der Waals surface area contributed by atoms with E-state index in [9.17, 15) is 4.39 Å². The molecular formula is C13H13FN4S2. The van der Waals surface area contributed by atoms with Gasteiger partial charge in [0.25, 0.3) is 0 Å². The predicted molar refractivity (Wildman–Crippen MR) is 80.8 cm³/mol. The molecule has 0 unspecified atom stereocenters. The predicted octanol–water partition coefficient (Wildman–Crippen LogP) is 2.94. The number of aromatic nitrogens is 2. The third-order valence-electron chi connectivity index (χ3n) is 2.92. The summed E-state index contributed by atoms with van der Waals surface area (Å²) in [4.78, 5) is 9.85. The molecule has 3 N–H and O–H groups in total. The number of thioether (sulfide) groups is 2. The Hall–Kier alpha value is -1.31. The van der Waals surface area contributed by atoms with Crippen molar-refractivity contribution in [3.8, 4) is 0 Å². The number of hydrogen-bond acceptors (Lipinski definition) is 6. The topological polar surface area (TPSA) is 63.8 Å². The van der Waals surface area contributed by atoms with Crippen molar-refractivity contribution >= 4 is 29.3 Å². The molecule has 0 spiro atoms. The molecule has 0 amide bonds. The number of nitrogen functional groups attached to an aromatic ring is 1. The van der Waals surface area contributed by atoms with E-state index in [1.165, 1.54) is 23.9 Å². The van der Waals surface area contributed by atoms with Crippen LogP contribution in [-0.4, -0.2) is 9.97 Å². The van der Waals surface area contributed by atoms with Gasteiger partial charge in [0.2, 0.25) is 0 Å². The van der Waals surface area contributed by atoms with Crippen molar-refractivity contribution in [2.24, 2.45) is 5.84 Å². The van der Waals surface area contributed by atoms with E-state index >= 15 is 0 Å². The highest BCUT2D eigenvalue weighted by Crippen LogP contribution is 2.33. The quantitative estimate of drug-likeness (QED) is 0.514. The molecule has 20 heavy (non-hydrogen) atoms. The molecule has 2 heterocycles. The summed E-state index contributed by atoms with van der Waals surface area (Å²) in [5.41, 5.74) is 4.78. The first kappa shape index (κ1) is 13.7. The van der Waals surface area contributed by atoms with Crippen molar-refractivity contribution in [1.82, 2.24) is 9.97 Å². The highest BCUT2D eigenvalue weighted by atomic mass is 32.2. The van der Waals surface area contributed by atoms with Gasteiger partial charge in [-0.15, -0.1) is 11.8 Å². The maximum atomic E-state index is 13.1. The maximum absolute atomic E-state index is 13.1. The number of hydrogen-bond donors (Lipinski definition) is 2. The summed E-state index contributed by atoms with van der Waals surface area (Å²) >= 11 is 3.32. The molecule has 104 valence electrons. The largest absolute Gasteiger partial charge is 0.308 e. The lowest BCUT2D eigenvalue weighted by Crippen LogP contribution is -2.13. The van der Waals surface area contributed by atoms with Crippen LogP contribution in [0.15, 0.2) is 29.2 Å². The van der Waals surface area contributed by atoms with Gasteiger partial charge in [-0.1, -0.05) is 6.07 Å². The maximum Gasteiger partial charge on any atom is 0.148 e. The van der Waals surface area contributed by atoms with E-state index in [-0.39, 0.29) is 5.82 Å². The van der Waals surface area contributed by atoms with Gasteiger partial charge in [0, 0.05) is 22.0 Å². The molecule has 1 aliphatic heterocycles. The van der Waals surface area contributed by atoms with E-state index < -0.39 is 0 Å². The normalized spacial score (nSPS) is 13.3. The number of rotatable bonds is 4. The minimum absolute atomic E-state index is 0.231. The average Bonchev–Trinajstić information content (AvgIpc) is 2.92. The Morgan fingerprint density at radius 1 is 1.35 bits per heavy atom. The second-order valence-electron chi connectivity index (χ2n) is 4.30. The van der Waals surface area contributed by atoms with Gasteiger partial charge < -0.3 is 5.43 Å². The zero-order valence-electron chi connectivity index (χ0n) is 10.6. The molecule has 4 nitrogen and oxygen atoms in total. The first-order valence-corrected chi connectivity index (χ1v) is 8.21. The molecule has 0 radical (unpaired) electrons. The fourth-order valence-electron chi connectivity index (χ4n) is 1.99. The third-order valence-corrected chi connectivity index (χ3v) is 4.89. The SMILES string of the molecule is NNc1nc(CSc2cccc(F)c2)nc2c1CSC2. The van der Waals surface area contributed by atoms with Gasteiger partial charge >= 0.3 is 0 Å². The van der Waals surface area contributed by atoms with Crippen LogP contribution in [0.3, 0.4) is 0 Å². The van der Waals surface area contributed by atoms with Gasteiger partial charge in [-0.2, -0.15) is 11.8 Å². The Morgan fingerprint density at radius 2 is 2.25 bits per heavy atom. The van der Waals surface area contributed by atoms with Crippen molar-refractivity contribution in [3.05, 3.63) is 47.2 Å². The van der Waals surface area contributed by atoms with Crippen molar-refractivity contribution in [3.63, 3.8) is 0 Å². The van der Waals surface area contributed by atoms with Crippen LogP contribution in [0, 0.1) is 5.82 Å². The highest BCUT2D eigenvalue weighted by molar-refractivity contribution is 7.98. The summed E-state index contributed by atoms with van der Waals surface area (Å²) in [6, 6.07) is 6.52. The summed E-state index contributed by atoms with van der Waals surface area (Å²) in [7, 11) is 0. The van der Waals surface area contributed by atoms with Gasteiger partial charge in [-0.05, 0) is 18.2 Å². The number of nitrogens with two attached hydrogens (primary N) is 1. The fourth-order valence-corrected chi connectivity index (χ4v) is 3.83. The van der Waals surface area contributed by atoms with Crippen LogP contribution in [0.4, 0.5) is 10.2 Å². The summed E-state index contributed by atoms with van der Waals surface area (Å²) in [5.74, 6) is 9.08. The molecule has 0 aliphatic carbocycles. The summed E-state index contributed by atoms with van der Waals surface area (Å²) in [5, 5.41) is 0. The molecule has 0 bridgehead atoms. The minimum Gasteiger partial charge on any atom is -0.308 e. The number of halogens is 1. The Labute approximate surface area is 124 Å². The Morgan fingerprint density at radius 3 is 3.05 bits per heavy atom. The first-order chi connectivity index (χ1) is 9.76. The molecule has 0 fully saturated rings. The molecule has 2 aromatic rings. The highest BCUT2D eigenvalue weighted by Gasteiger charge is 2.19. The van der Waals surface area contributed by atoms with Crippen LogP contribution < -0.4 is 11.3 Å². The van der Waals surface area contributed by atoms with E-state index in [0.717, 1.165) is 27.7 Å². The van der Waals surface area contributed by atoms with Crippen molar-refractivity contribution < 1.29 is 4.39 Å². The van der Waals surface area contributed by atoms with Crippen LogP contribution in [-0.2, 0) is 17.3 Å². The minimum atomic E-state index is -0.231. The van der Waals surface area contributed by atoms with Gasteiger partial charge in [0.05, 0.1) is 11.4 Å². The van der Waals surface area contributed by atoms with E-state index in [4.69, 9.17) is 5.84 Å². The molecule has 1 aromatic carbocycles. The zero-order valence-corrected chi connectivity index (χ0v) is 12.2. The smallest absolute Gasteiger partial charge is 0.148 e. The molecular weight excluding hydrogens is 295 g/mol. The van der Waals surface area contributed by atoms with E-state index in [2.05, 4.69) is 15.4 Å². The molecule has 7 heteroatoms. The number of anilines is 1. The second kappa shape index (κ2) is 5.99. The molecule has 0 saturated carbocycles. The number of nitrogens with zero attached hydrogens (tertiary/aromatic N) is 2. The van der Waals surface area contributed by atoms with Crippen molar-refractivity contribution in [2.45, 2.75) is 22.2 Å². The van der Waals surface area contributed by atoms with Crippen LogP contribution in [0.25, 0.3) is 0 Å². The molecule has 1 aromatic heterocycles. The van der Waals surface area contributed by atoms with E-state index in [1.807, 2.05) is 6.07 Å². The lowest BCUT2D eigenvalue weighted by molar-refractivity contribution is 0.624. The summed E-state index contributed by atoms with van der Waals surface area (Å²) in [6.45, 7) is 0. The number of benzene rings is 1. The van der Waals surface area contributed by atoms with Crippen LogP contribution in [0.2, 0.25) is 0 Å². The first-order valence-electron chi connectivity index (χ1n) is 6.07. The Kier molecular flexibility index (Phi) is 4.09. The third kappa shape index (κ3) is 2.89.